The molecule has 132 valence electrons. The summed E-state index contributed by atoms with van der Waals surface area (Å²) in [7, 11) is 3.10. The molecule has 0 atom stereocenters. The van der Waals surface area contributed by atoms with E-state index in [0.29, 0.717) is 28.4 Å². The van der Waals surface area contributed by atoms with Crippen LogP contribution in [-0.4, -0.2) is 28.8 Å². The van der Waals surface area contributed by atoms with Crippen LogP contribution in [0.15, 0.2) is 33.7 Å². The van der Waals surface area contributed by atoms with Crippen molar-refractivity contribution in [3.8, 4) is 11.5 Å². The summed E-state index contributed by atoms with van der Waals surface area (Å²) in [6.07, 6.45) is 2.98. The third-order valence-electron chi connectivity index (χ3n) is 3.94. The highest BCUT2D eigenvalue weighted by atomic mass is 16.5. The quantitative estimate of drug-likeness (QED) is 0.725. The van der Waals surface area contributed by atoms with Crippen LogP contribution in [-0.2, 0) is 12.0 Å². The summed E-state index contributed by atoms with van der Waals surface area (Å²) in [5.74, 6) is 2.32. The Balaban J connectivity index is 2.10. The highest BCUT2D eigenvalue weighted by Gasteiger charge is 2.20. The van der Waals surface area contributed by atoms with Gasteiger partial charge in [0.05, 0.1) is 37.6 Å². The summed E-state index contributed by atoms with van der Waals surface area (Å²) in [4.78, 5) is 20.8. The van der Waals surface area contributed by atoms with Crippen LogP contribution in [0, 0.1) is 0 Å². The van der Waals surface area contributed by atoms with Crippen molar-refractivity contribution in [3.63, 3.8) is 0 Å². The topological polar surface area (TPSA) is 79.4 Å². The second kappa shape index (κ2) is 6.23. The van der Waals surface area contributed by atoms with E-state index < -0.39 is 0 Å². The van der Waals surface area contributed by atoms with Crippen LogP contribution in [0.1, 0.15) is 32.4 Å². The lowest BCUT2D eigenvalue weighted by Gasteiger charge is -2.14. The van der Waals surface area contributed by atoms with E-state index in [-0.39, 0.29) is 17.5 Å². The third kappa shape index (κ3) is 3.22. The number of benzene rings is 1. The van der Waals surface area contributed by atoms with Crippen molar-refractivity contribution in [2.24, 2.45) is 0 Å². The van der Waals surface area contributed by atoms with E-state index in [1.807, 2.05) is 20.8 Å². The van der Waals surface area contributed by atoms with Crippen molar-refractivity contribution in [1.29, 1.82) is 0 Å². The molecule has 0 aliphatic heterocycles. The Morgan fingerprint density at radius 1 is 1.08 bits per heavy atom. The minimum atomic E-state index is -0.241. The molecule has 3 aromatic rings. The van der Waals surface area contributed by atoms with Crippen molar-refractivity contribution < 1.29 is 13.9 Å². The van der Waals surface area contributed by atoms with Gasteiger partial charge in [0.2, 0.25) is 5.89 Å². The second-order valence-electron chi connectivity index (χ2n) is 6.75. The third-order valence-corrected chi connectivity index (χ3v) is 3.94. The van der Waals surface area contributed by atoms with Crippen LogP contribution in [0.25, 0.3) is 11.0 Å². The van der Waals surface area contributed by atoms with Gasteiger partial charge in [0.1, 0.15) is 12.3 Å². The van der Waals surface area contributed by atoms with Crippen molar-refractivity contribution in [1.82, 2.24) is 14.5 Å². The Labute approximate surface area is 145 Å². The highest BCUT2D eigenvalue weighted by molar-refractivity contribution is 5.79. The van der Waals surface area contributed by atoms with E-state index in [2.05, 4.69) is 9.97 Å². The minimum Gasteiger partial charge on any atom is -0.493 e. The maximum Gasteiger partial charge on any atom is 0.269 e. The lowest BCUT2D eigenvalue weighted by atomic mass is 9.94. The van der Waals surface area contributed by atoms with Gasteiger partial charge in [-0.05, 0) is 0 Å². The molecule has 0 aliphatic rings. The molecule has 0 unspecified atom stereocenters. The molecule has 2 aromatic heterocycles. The zero-order valence-corrected chi connectivity index (χ0v) is 15.0. The molecule has 7 nitrogen and oxygen atoms in total. The van der Waals surface area contributed by atoms with Crippen LogP contribution in [0.5, 0.6) is 11.5 Å². The van der Waals surface area contributed by atoms with Crippen molar-refractivity contribution in [3.05, 3.63) is 46.5 Å². The molecule has 1 aromatic carbocycles. The Morgan fingerprint density at radius 3 is 2.36 bits per heavy atom. The van der Waals surface area contributed by atoms with E-state index in [0.717, 1.165) is 5.76 Å². The number of rotatable bonds is 4. The van der Waals surface area contributed by atoms with Gasteiger partial charge in [-0.3, -0.25) is 9.36 Å². The van der Waals surface area contributed by atoms with Gasteiger partial charge in [-0.25, -0.2) is 9.97 Å². The SMILES string of the molecule is COc1cc2ncc(=O)n(Cc3ncc(C(C)(C)C)o3)c2cc1OC. The van der Waals surface area contributed by atoms with Gasteiger partial charge in [0.15, 0.2) is 11.5 Å². The maximum absolute atomic E-state index is 12.4. The fourth-order valence-corrected chi connectivity index (χ4v) is 2.52. The summed E-state index contributed by atoms with van der Waals surface area (Å²) in [6, 6.07) is 3.47. The normalized spacial score (nSPS) is 11.7. The van der Waals surface area contributed by atoms with Crippen LogP contribution in [0.2, 0.25) is 0 Å². The number of nitrogens with zero attached hydrogens (tertiary/aromatic N) is 3. The molecular weight excluding hydrogens is 322 g/mol. The van der Waals surface area contributed by atoms with E-state index in [1.54, 1.807) is 37.1 Å². The molecule has 0 saturated heterocycles. The van der Waals surface area contributed by atoms with Crippen LogP contribution in [0.3, 0.4) is 0 Å². The summed E-state index contributed by atoms with van der Waals surface area (Å²) < 4.78 is 18.0. The van der Waals surface area contributed by atoms with Gasteiger partial charge in [-0.2, -0.15) is 0 Å². The smallest absolute Gasteiger partial charge is 0.269 e. The molecule has 0 radical (unpaired) electrons. The fourth-order valence-electron chi connectivity index (χ4n) is 2.52. The molecule has 25 heavy (non-hydrogen) atoms. The number of fused-ring (bicyclic) bond motifs is 1. The summed E-state index contributed by atoms with van der Waals surface area (Å²) in [5.41, 5.74) is 0.864. The fraction of sp³-hybridized carbons (Fsp3) is 0.389. The first kappa shape index (κ1) is 17.0. The number of ether oxygens (including phenoxy) is 2. The molecule has 0 aliphatic carbocycles. The first-order chi connectivity index (χ1) is 11.8. The first-order valence-corrected chi connectivity index (χ1v) is 7.90. The Bertz CT molecular complexity index is 967. The summed E-state index contributed by atoms with van der Waals surface area (Å²) in [6.45, 7) is 6.34. The standard InChI is InChI=1S/C18H21N3O4/c1-18(2,3)15-8-20-16(25-15)10-21-12-7-14(24-5)13(23-4)6-11(12)19-9-17(21)22/h6-9H,10H2,1-5H3. The van der Waals surface area contributed by atoms with Gasteiger partial charge in [-0.1, -0.05) is 20.8 Å². The van der Waals surface area contributed by atoms with Gasteiger partial charge in [0, 0.05) is 17.5 Å². The first-order valence-electron chi connectivity index (χ1n) is 7.90. The Hall–Kier alpha value is -2.83. The zero-order chi connectivity index (χ0) is 18.2. The van der Waals surface area contributed by atoms with Gasteiger partial charge in [0.25, 0.3) is 5.56 Å². The van der Waals surface area contributed by atoms with Crippen molar-refractivity contribution in [2.75, 3.05) is 14.2 Å². The van der Waals surface area contributed by atoms with Crippen LogP contribution in [0.4, 0.5) is 0 Å². The molecule has 0 amide bonds. The molecule has 2 heterocycles. The lowest BCUT2D eigenvalue weighted by Crippen LogP contribution is -2.21. The molecule has 0 spiro atoms. The average Bonchev–Trinajstić information content (AvgIpc) is 3.05. The highest BCUT2D eigenvalue weighted by Crippen LogP contribution is 2.31. The van der Waals surface area contributed by atoms with E-state index >= 15 is 0 Å². The number of aromatic nitrogens is 3. The predicted molar refractivity (Wildman–Crippen MR) is 93.4 cm³/mol. The molecule has 0 bridgehead atoms. The number of hydrogen-bond donors (Lipinski definition) is 0. The molecule has 7 heteroatoms. The second-order valence-corrected chi connectivity index (χ2v) is 6.75. The van der Waals surface area contributed by atoms with Gasteiger partial charge < -0.3 is 13.9 Å². The van der Waals surface area contributed by atoms with Crippen molar-refractivity contribution >= 4 is 11.0 Å². The number of hydrogen-bond acceptors (Lipinski definition) is 6. The molecule has 0 fully saturated rings. The Kier molecular flexibility index (Phi) is 4.24. The Morgan fingerprint density at radius 2 is 1.76 bits per heavy atom. The summed E-state index contributed by atoms with van der Waals surface area (Å²) >= 11 is 0. The van der Waals surface area contributed by atoms with E-state index in [1.165, 1.54) is 6.20 Å². The largest absolute Gasteiger partial charge is 0.493 e. The molecule has 0 N–H and O–H groups in total. The summed E-state index contributed by atoms with van der Waals surface area (Å²) in [5, 5.41) is 0. The minimum absolute atomic E-state index is 0.146. The van der Waals surface area contributed by atoms with Crippen LogP contribution >= 0.6 is 0 Å². The van der Waals surface area contributed by atoms with E-state index in [9.17, 15) is 4.79 Å². The van der Waals surface area contributed by atoms with Gasteiger partial charge >= 0.3 is 0 Å². The molecular formula is C18H21N3O4. The zero-order valence-electron chi connectivity index (χ0n) is 15.0. The number of methoxy groups -OCH3 is 2. The molecule has 3 rings (SSSR count). The average molecular weight is 343 g/mol. The van der Waals surface area contributed by atoms with E-state index in [4.69, 9.17) is 13.9 Å². The predicted octanol–water partition coefficient (Wildman–Crippen LogP) is 2.75. The maximum atomic E-state index is 12.4. The van der Waals surface area contributed by atoms with Crippen LogP contribution < -0.4 is 15.0 Å². The number of oxazole rings is 1. The molecule has 0 saturated carbocycles. The van der Waals surface area contributed by atoms with Crippen molar-refractivity contribution in [2.45, 2.75) is 32.7 Å². The lowest BCUT2D eigenvalue weighted by molar-refractivity contribution is 0.355. The van der Waals surface area contributed by atoms with Gasteiger partial charge in [-0.15, -0.1) is 0 Å². The monoisotopic (exact) mass is 343 g/mol.